The summed E-state index contributed by atoms with van der Waals surface area (Å²) >= 11 is 1.99. The van der Waals surface area contributed by atoms with E-state index >= 15 is 0 Å². The molecule has 72 valence electrons. The molecule has 0 aromatic rings. The largest absolute Gasteiger partial charge is 0.375 e. The zero-order valence-electron chi connectivity index (χ0n) is 8.22. The number of hydrogen-bond donors (Lipinski definition) is 1. The van der Waals surface area contributed by atoms with Crippen molar-refractivity contribution in [3.8, 4) is 0 Å². The summed E-state index contributed by atoms with van der Waals surface area (Å²) < 4.78 is 5.59. The Balaban J connectivity index is 2.13. The summed E-state index contributed by atoms with van der Waals surface area (Å²) in [5.41, 5.74) is 0.214. The fraction of sp³-hybridized carbons (Fsp3) is 1.00. The minimum Gasteiger partial charge on any atom is -0.375 e. The molecule has 0 aromatic heterocycles. The molecule has 3 heteroatoms. The third kappa shape index (κ3) is 4.33. The van der Waals surface area contributed by atoms with Crippen molar-refractivity contribution in [1.82, 2.24) is 5.32 Å². The second-order valence-corrected chi connectivity index (χ2v) is 5.35. The van der Waals surface area contributed by atoms with Gasteiger partial charge in [-0.2, -0.15) is 11.8 Å². The molecule has 0 aliphatic carbocycles. The van der Waals surface area contributed by atoms with Crippen LogP contribution in [0, 0.1) is 0 Å². The lowest BCUT2D eigenvalue weighted by atomic mass is 10.1. The highest BCUT2D eigenvalue weighted by Gasteiger charge is 2.16. The maximum atomic E-state index is 5.59. The van der Waals surface area contributed by atoms with Crippen molar-refractivity contribution in [1.29, 1.82) is 0 Å². The summed E-state index contributed by atoms with van der Waals surface area (Å²) in [7, 11) is 0. The lowest BCUT2D eigenvalue weighted by Gasteiger charge is -2.27. The molecule has 1 saturated heterocycles. The van der Waals surface area contributed by atoms with E-state index in [1.165, 1.54) is 0 Å². The normalized spacial score (nSPS) is 25.8. The standard InChI is InChI=1S/C9H19NOS/c1-9(2,3)10-6-8-7-12-5-4-11-8/h8,10H,4-7H2,1-3H3. The molecule has 1 fully saturated rings. The van der Waals surface area contributed by atoms with Crippen molar-refractivity contribution in [2.45, 2.75) is 32.4 Å². The first-order chi connectivity index (χ1) is 5.58. The van der Waals surface area contributed by atoms with Crippen molar-refractivity contribution < 1.29 is 4.74 Å². The minimum atomic E-state index is 0.214. The van der Waals surface area contributed by atoms with Gasteiger partial charge in [-0.05, 0) is 20.8 Å². The van der Waals surface area contributed by atoms with E-state index in [0.717, 1.165) is 24.7 Å². The summed E-state index contributed by atoms with van der Waals surface area (Å²) in [5.74, 6) is 2.30. The first-order valence-corrected chi connectivity index (χ1v) is 5.68. The molecule has 1 aliphatic rings. The van der Waals surface area contributed by atoms with Crippen molar-refractivity contribution in [2.24, 2.45) is 0 Å². The summed E-state index contributed by atoms with van der Waals surface area (Å²) in [6, 6.07) is 0. The first kappa shape index (κ1) is 10.4. The summed E-state index contributed by atoms with van der Waals surface area (Å²) in [5, 5.41) is 3.45. The van der Waals surface area contributed by atoms with Gasteiger partial charge in [0.25, 0.3) is 0 Å². The second-order valence-electron chi connectivity index (χ2n) is 4.20. The van der Waals surface area contributed by atoms with Gasteiger partial charge in [-0.25, -0.2) is 0 Å². The van der Waals surface area contributed by atoms with Crippen molar-refractivity contribution in [3.63, 3.8) is 0 Å². The minimum absolute atomic E-state index is 0.214. The van der Waals surface area contributed by atoms with Gasteiger partial charge in [-0.1, -0.05) is 0 Å². The van der Waals surface area contributed by atoms with Crippen LogP contribution in [0.5, 0.6) is 0 Å². The number of nitrogens with one attached hydrogen (secondary N) is 1. The van der Waals surface area contributed by atoms with E-state index in [-0.39, 0.29) is 5.54 Å². The predicted molar refractivity (Wildman–Crippen MR) is 54.8 cm³/mol. The molecule has 1 unspecified atom stereocenters. The highest BCUT2D eigenvalue weighted by atomic mass is 32.2. The molecule has 1 heterocycles. The van der Waals surface area contributed by atoms with Gasteiger partial charge in [0, 0.05) is 23.6 Å². The maximum absolute atomic E-state index is 5.59. The van der Waals surface area contributed by atoms with Crippen LogP contribution in [0.3, 0.4) is 0 Å². The van der Waals surface area contributed by atoms with Crippen LogP contribution < -0.4 is 5.32 Å². The van der Waals surface area contributed by atoms with Crippen LogP contribution >= 0.6 is 11.8 Å². The predicted octanol–water partition coefficient (Wildman–Crippen LogP) is 1.51. The Morgan fingerprint density at radius 3 is 2.75 bits per heavy atom. The van der Waals surface area contributed by atoms with Gasteiger partial charge < -0.3 is 10.1 Å². The topological polar surface area (TPSA) is 21.3 Å². The van der Waals surface area contributed by atoms with E-state index in [1.54, 1.807) is 0 Å². The van der Waals surface area contributed by atoms with Crippen LogP contribution in [0.4, 0.5) is 0 Å². The van der Waals surface area contributed by atoms with Crippen molar-refractivity contribution in [2.75, 3.05) is 24.7 Å². The molecule has 0 aromatic carbocycles. The Bertz CT molecular complexity index is 127. The van der Waals surface area contributed by atoms with Gasteiger partial charge >= 0.3 is 0 Å². The molecular weight excluding hydrogens is 170 g/mol. The zero-order valence-corrected chi connectivity index (χ0v) is 9.04. The average Bonchev–Trinajstić information content (AvgIpc) is 2.02. The number of hydrogen-bond acceptors (Lipinski definition) is 3. The summed E-state index contributed by atoms with van der Waals surface area (Å²) in [6.07, 6.45) is 0.419. The fourth-order valence-electron chi connectivity index (χ4n) is 1.07. The molecule has 2 nitrogen and oxygen atoms in total. The number of thioether (sulfide) groups is 1. The van der Waals surface area contributed by atoms with E-state index in [2.05, 4.69) is 26.1 Å². The van der Waals surface area contributed by atoms with Crippen LogP contribution in [0.1, 0.15) is 20.8 Å². The molecule has 1 N–H and O–H groups in total. The maximum Gasteiger partial charge on any atom is 0.0790 e. The van der Waals surface area contributed by atoms with Crippen LogP contribution in [-0.4, -0.2) is 36.3 Å². The average molecular weight is 189 g/mol. The molecule has 0 amide bonds. The van der Waals surface area contributed by atoms with E-state index in [9.17, 15) is 0 Å². The van der Waals surface area contributed by atoms with E-state index in [1.807, 2.05) is 11.8 Å². The lowest BCUT2D eigenvalue weighted by molar-refractivity contribution is 0.0708. The quantitative estimate of drug-likeness (QED) is 0.711. The molecule has 12 heavy (non-hydrogen) atoms. The second kappa shape index (κ2) is 4.49. The molecule has 0 radical (unpaired) electrons. The van der Waals surface area contributed by atoms with Crippen LogP contribution in [-0.2, 0) is 4.74 Å². The fourth-order valence-corrected chi connectivity index (χ4v) is 1.93. The molecule has 1 rings (SSSR count). The van der Waals surface area contributed by atoms with Gasteiger partial charge in [-0.15, -0.1) is 0 Å². The number of rotatable bonds is 2. The van der Waals surface area contributed by atoms with E-state index in [4.69, 9.17) is 4.74 Å². The van der Waals surface area contributed by atoms with Crippen LogP contribution in [0.2, 0.25) is 0 Å². The highest BCUT2D eigenvalue weighted by Crippen LogP contribution is 2.12. The van der Waals surface area contributed by atoms with E-state index in [0.29, 0.717) is 6.10 Å². The Morgan fingerprint density at radius 1 is 1.50 bits per heavy atom. The Kier molecular flexibility index (Phi) is 3.87. The molecular formula is C9H19NOS. The SMILES string of the molecule is CC(C)(C)NCC1CSCCO1. The van der Waals surface area contributed by atoms with Gasteiger partial charge in [0.2, 0.25) is 0 Å². The Morgan fingerprint density at radius 2 is 2.25 bits per heavy atom. The van der Waals surface area contributed by atoms with Crippen LogP contribution in [0.15, 0.2) is 0 Å². The van der Waals surface area contributed by atoms with Gasteiger partial charge in [-0.3, -0.25) is 0 Å². The van der Waals surface area contributed by atoms with Crippen LogP contribution in [0.25, 0.3) is 0 Å². The summed E-state index contributed by atoms with van der Waals surface area (Å²) in [6.45, 7) is 8.45. The lowest BCUT2D eigenvalue weighted by Crippen LogP contribution is -2.43. The third-order valence-corrected chi connectivity index (χ3v) is 2.81. The summed E-state index contributed by atoms with van der Waals surface area (Å²) in [4.78, 5) is 0. The Hall–Kier alpha value is 0.270. The van der Waals surface area contributed by atoms with Crippen molar-refractivity contribution >= 4 is 11.8 Å². The van der Waals surface area contributed by atoms with Gasteiger partial charge in [0.15, 0.2) is 0 Å². The van der Waals surface area contributed by atoms with Gasteiger partial charge in [0.1, 0.15) is 0 Å². The first-order valence-electron chi connectivity index (χ1n) is 4.52. The Labute approximate surface area is 79.4 Å². The number of ether oxygens (including phenoxy) is 1. The third-order valence-electron chi connectivity index (χ3n) is 1.75. The van der Waals surface area contributed by atoms with E-state index < -0.39 is 0 Å². The zero-order chi connectivity index (χ0) is 9.03. The molecule has 1 aliphatic heterocycles. The van der Waals surface area contributed by atoms with Crippen molar-refractivity contribution in [3.05, 3.63) is 0 Å². The molecule has 0 bridgehead atoms. The monoisotopic (exact) mass is 189 g/mol. The molecule has 0 saturated carbocycles. The molecule has 1 atom stereocenters. The molecule has 0 spiro atoms. The highest BCUT2D eigenvalue weighted by molar-refractivity contribution is 7.99. The van der Waals surface area contributed by atoms with Gasteiger partial charge in [0.05, 0.1) is 12.7 Å². The smallest absolute Gasteiger partial charge is 0.0790 e.